The molecule has 0 aliphatic carbocycles. The minimum absolute atomic E-state index is 0.305. The first-order chi connectivity index (χ1) is 12.7. The molecule has 0 saturated carbocycles. The standard InChI is InChI=1S/C17H15Cl2N5O2/c1-25-24-9-11(15-12(18)3-2-4-13(15)19)7-10-8-20-17(22-16(10)24)21-14-5-6-26-23-14/h2-6,8-9,16H,7H2,1H3,(H2,20,21,22,23). The van der Waals surface area contributed by atoms with Crippen molar-refractivity contribution in [3.63, 3.8) is 0 Å². The number of aliphatic imine (C=N–C) groups is 1. The van der Waals surface area contributed by atoms with Gasteiger partial charge in [-0.3, -0.25) is 4.84 Å². The Balaban J connectivity index is 1.65. The molecule has 0 amide bonds. The molecule has 0 fully saturated rings. The largest absolute Gasteiger partial charge is 0.363 e. The second-order valence-corrected chi connectivity index (χ2v) is 6.51. The second kappa shape index (κ2) is 7.03. The highest BCUT2D eigenvalue weighted by molar-refractivity contribution is 6.37. The number of hydrogen-bond acceptors (Lipinski definition) is 7. The van der Waals surface area contributed by atoms with E-state index in [1.807, 2.05) is 30.6 Å². The first-order valence-corrected chi connectivity index (χ1v) is 8.59. The van der Waals surface area contributed by atoms with Crippen molar-refractivity contribution in [2.45, 2.75) is 12.6 Å². The topological polar surface area (TPSA) is 74.9 Å². The Hall–Kier alpha value is -2.48. The lowest BCUT2D eigenvalue weighted by molar-refractivity contribution is -0.111. The quantitative estimate of drug-likeness (QED) is 0.826. The third-order valence-electron chi connectivity index (χ3n) is 4.07. The molecule has 1 aromatic carbocycles. The van der Waals surface area contributed by atoms with E-state index in [0.717, 1.165) is 16.7 Å². The van der Waals surface area contributed by atoms with E-state index < -0.39 is 0 Å². The molecule has 134 valence electrons. The SMILES string of the molecule is CON1C=C(c2c(Cl)cccc2Cl)CC2=CNC(Nc3ccon3)=NC21. The summed E-state index contributed by atoms with van der Waals surface area (Å²) >= 11 is 12.7. The minimum atomic E-state index is -0.305. The zero-order valence-electron chi connectivity index (χ0n) is 13.7. The van der Waals surface area contributed by atoms with E-state index >= 15 is 0 Å². The smallest absolute Gasteiger partial charge is 0.203 e. The Kier molecular flexibility index (Phi) is 4.58. The molecule has 0 saturated heterocycles. The fraction of sp³-hybridized carbons (Fsp3) is 0.176. The van der Waals surface area contributed by atoms with E-state index in [4.69, 9.17) is 32.6 Å². The number of allylic oxidation sites excluding steroid dienone is 1. The molecule has 2 N–H and O–H groups in total. The Morgan fingerprint density at radius 3 is 2.81 bits per heavy atom. The summed E-state index contributed by atoms with van der Waals surface area (Å²) in [5, 5.41) is 12.8. The molecule has 2 aliphatic rings. The molecule has 1 aromatic heterocycles. The molecule has 0 bridgehead atoms. The maximum Gasteiger partial charge on any atom is 0.203 e. The van der Waals surface area contributed by atoms with Crippen molar-refractivity contribution in [3.8, 4) is 0 Å². The van der Waals surface area contributed by atoms with Gasteiger partial charge in [-0.15, -0.1) is 0 Å². The number of hydrogen-bond donors (Lipinski definition) is 2. The molecule has 0 radical (unpaired) electrons. The van der Waals surface area contributed by atoms with Crippen LogP contribution in [0.5, 0.6) is 0 Å². The first-order valence-electron chi connectivity index (χ1n) is 7.84. The lowest BCUT2D eigenvalue weighted by atomic mass is 9.94. The number of fused-ring (bicyclic) bond motifs is 1. The molecule has 1 atom stereocenters. The molecule has 1 unspecified atom stereocenters. The van der Waals surface area contributed by atoms with Gasteiger partial charge in [-0.2, -0.15) is 0 Å². The summed E-state index contributed by atoms with van der Waals surface area (Å²) in [5.41, 5.74) is 2.77. The van der Waals surface area contributed by atoms with E-state index in [-0.39, 0.29) is 6.17 Å². The van der Waals surface area contributed by atoms with Crippen LogP contribution >= 0.6 is 23.2 Å². The highest BCUT2D eigenvalue weighted by Crippen LogP contribution is 2.39. The third-order valence-corrected chi connectivity index (χ3v) is 4.70. The van der Waals surface area contributed by atoms with Crippen molar-refractivity contribution in [1.82, 2.24) is 15.5 Å². The zero-order chi connectivity index (χ0) is 18.1. The molecular weight excluding hydrogens is 377 g/mol. The van der Waals surface area contributed by atoms with E-state index in [2.05, 4.69) is 20.8 Å². The van der Waals surface area contributed by atoms with Gasteiger partial charge in [-0.25, -0.2) is 10.1 Å². The summed E-state index contributed by atoms with van der Waals surface area (Å²) < 4.78 is 4.81. The fourth-order valence-corrected chi connectivity index (χ4v) is 3.55. The van der Waals surface area contributed by atoms with Crippen LogP contribution in [0.1, 0.15) is 12.0 Å². The second-order valence-electron chi connectivity index (χ2n) is 5.69. The number of guanidine groups is 1. The van der Waals surface area contributed by atoms with Crippen molar-refractivity contribution in [2.75, 3.05) is 12.4 Å². The van der Waals surface area contributed by atoms with Crippen LogP contribution in [0.2, 0.25) is 10.0 Å². The highest BCUT2D eigenvalue weighted by Gasteiger charge is 2.31. The van der Waals surface area contributed by atoms with Gasteiger partial charge >= 0.3 is 0 Å². The number of aromatic nitrogens is 1. The van der Waals surface area contributed by atoms with Crippen LogP contribution in [0.25, 0.3) is 5.57 Å². The maximum atomic E-state index is 6.36. The Labute approximate surface area is 159 Å². The van der Waals surface area contributed by atoms with Crippen molar-refractivity contribution in [3.05, 3.63) is 64.1 Å². The predicted octanol–water partition coefficient (Wildman–Crippen LogP) is 3.87. The number of nitrogens with zero attached hydrogens (tertiary/aromatic N) is 3. The predicted molar refractivity (Wildman–Crippen MR) is 100 cm³/mol. The van der Waals surface area contributed by atoms with Crippen molar-refractivity contribution >= 4 is 40.6 Å². The van der Waals surface area contributed by atoms with Gasteiger partial charge in [0.05, 0.1) is 7.11 Å². The number of hydroxylamine groups is 2. The lowest BCUT2D eigenvalue weighted by Crippen LogP contribution is -2.41. The van der Waals surface area contributed by atoms with E-state index in [0.29, 0.717) is 28.2 Å². The number of anilines is 1. The Morgan fingerprint density at radius 2 is 2.12 bits per heavy atom. The van der Waals surface area contributed by atoms with Gasteiger partial charge in [-0.05, 0) is 23.3 Å². The van der Waals surface area contributed by atoms with Gasteiger partial charge in [0.25, 0.3) is 0 Å². The molecule has 0 spiro atoms. The molecule has 7 nitrogen and oxygen atoms in total. The monoisotopic (exact) mass is 391 g/mol. The van der Waals surface area contributed by atoms with Crippen molar-refractivity contribution in [2.24, 2.45) is 4.99 Å². The van der Waals surface area contributed by atoms with Gasteiger partial charge in [0.1, 0.15) is 6.26 Å². The van der Waals surface area contributed by atoms with Crippen LogP contribution in [0.4, 0.5) is 5.82 Å². The van der Waals surface area contributed by atoms with Gasteiger partial charge in [0.15, 0.2) is 12.0 Å². The molecule has 2 aromatic rings. The van der Waals surface area contributed by atoms with Gasteiger partial charge in [0, 0.05) is 40.5 Å². The summed E-state index contributed by atoms with van der Waals surface area (Å²) in [4.78, 5) is 10.1. The minimum Gasteiger partial charge on any atom is -0.363 e. The Bertz CT molecular complexity index is 888. The number of halogens is 2. The molecule has 9 heteroatoms. The summed E-state index contributed by atoms with van der Waals surface area (Å²) in [7, 11) is 1.59. The van der Waals surface area contributed by atoms with Crippen LogP contribution in [0.3, 0.4) is 0 Å². The summed E-state index contributed by atoms with van der Waals surface area (Å²) in [6.45, 7) is 0. The van der Waals surface area contributed by atoms with E-state index in [9.17, 15) is 0 Å². The summed E-state index contributed by atoms with van der Waals surface area (Å²) in [6, 6.07) is 7.16. The number of rotatable bonds is 3. The van der Waals surface area contributed by atoms with Crippen LogP contribution in [-0.4, -0.2) is 29.5 Å². The average Bonchev–Trinajstić information content (AvgIpc) is 3.14. The molecule has 2 aliphatic heterocycles. The molecule has 4 rings (SSSR count). The van der Waals surface area contributed by atoms with E-state index in [1.165, 1.54) is 6.26 Å². The fourth-order valence-electron chi connectivity index (χ4n) is 2.91. The third kappa shape index (κ3) is 3.16. The van der Waals surface area contributed by atoms with Gasteiger partial charge < -0.3 is 15.2 Å². The van der Waals surface area contributed by atoms with Crippen LogP contribution in [0.15, 0.2) is 58.0 Å². The first kappa shape index (κ1) is 17.0. The Morgan fingerprint density at radius 1 is 1.31 bits per heavy atom. The van der Waals surface area contributed by atoms with Crippen LogP contribution in [-0.2, 0) is 4.84 Å². The van der Waals surface area contributed by atoms with Crippen LogP contribution < -0.4 is 10.6 Å². The van der Waals surface area contributed by atoms with Gasteiger partial charge in [0.2, 0.25) is 5.96 Å². The van der Waals surface area contributed by atoms with Crippen molar-refractivity contribution in [1.29, 1.82) is 0 Å². The maximum absolute atomic E-state index is 6.36. The normalized spacial score (nSPS) is 19.1. The molecule has 3 heterocycles. The summed E-state index contributed by atoms with van der Waals surface area (Å²) in [6.07, 6.45) is 5.58. The van der Waals surface area contributed by atoms with Crippen LogP contribution in [0, 0.1) is 0 Å². The van der Waals surface area contributed by atoms with Crippen molar-refractivity contribution < 1.29 is 9.36 Å². The van der Waals surface area contributed by atoms with Gasteiger partial charge in [-0.1, -0.05) is 34.4 Å². The lowest BCUT2D eigenvalue weighted by Gasteiger charge is -2.35. The molecule has 26 heavy (non-hydrogen) atoms. The van der Waals surface area contributed by atoms with E-state index in [1.54, 1.807) is 18.2 Å². The number of benzene rings is 1. The number of nitrogens with one attached hydrogen (secondary N) is 2. The zero-order valence-corrected chi connectivity index (χ0v) is 15.3. The molecular formula is C17H15Cl2N5O2. The summed E-state index contributed by atoms with van der Waals surface area (Å²) in [5.74, 6) is 1.11. The highest BCUT2D eigenvalue weighted by atomic mass is 35.5. The average molecular weight is 392 g/mol.